The fourth-order valence-electron chi connectivity index (χ4n) is 2.90. The second kappa shape index (κ2) is 8.20. The molecule has 7 heteroatoms. The number of carbonyl (C=O) groups excluding carboxylic acids is 3. The number of nitrogens with zero attached hydrogens (tertiary/aromatic N) is 2. The van der Waals surface area contributed by atoms with Crippen molar-refractivity contribution in [3.63, 3.8) is 0 Å². The minimum atomic E-state index is -0.620. The summed E-state index contributed by atoms with van der Waals surface area (Å²) in [6.07, 6.45) is -0.0739. The lowest BCUT2D eigenvalue weighted by Crippen LogP contribution is -2.54. The van der Waals surface area contributed by atoms with Crippen molar-refractivity contribution in [3.8, 4) is 0 Å². The van der Waals surface area contributed by atoms with Gasteiger partial charge in [-0.25, -0.2) is 9.59 Å². The Hall–Kier alpha value is -2.57. The quantitative estimate of drug-likeness (QED) is 0.713. The van der Waals surface area contributed by atoms with Crippen LogP contribution in [0.4, 0.5) is 9.59 Å². The summed E-state index contributed by atoms with van der Waals surface area (Å²) < 4.78 is 11.0. The summed E-state index contributed by atoms with van der Waals surface area (Å²) in [4.78, 5) is 39.4. The molecule has 0 spiro atoms. The van der Waals surface area contributed by atoms with Crippen LogP contribution in [0, 0.1) is 0 Å². The molecule has 1 heterocycles. The maximum Gasteiger partial charge on any atom is 0.410 e. The Morgan fingerprint density at radius 1 is 0.929 bits per heavy atom. The van der Waals surface area contributed by atoms with Crippen molar-refractivity contribution in [2.24, 2.45) is 0 Å². The first-order chi connectivity index (χ1) is 12.9. The van der Waals surface area contributed by atoms with Gasteiger partial charge >= 0.3 is 12.2 Å². The lowest BCUT2D eigenvalue weighted by atomic mass is 10.0. The fourth-order valence-corrected chi connectivity index (χ4v) is 2.90. The summed E-state index contributed by atoms with van der Waals surface area (Å²) in [6.45, 7) is 11.9. The Labute approximate surface area is 166 Å². The number of aldehydes is 1. The van der Waals surface area contributed by atoms with E-state index in [4.69, 9.17) is 9.47 Å². The predicted molar refractivity (Wildman–Crippen MR) is 105 cm³/mol. The summed E-state index contributed by atoms with van der Waals surface area (Å²) in [5.74, 6) is 0. The minimum Gasteiger partial charge on any atom is -0.444 e. The molecule has 0 N–H and O–H groups in total. The zero-order valence-corrected chi connectivity index (χ0v) is 17.5. The molecule has 1 aliphatic rings. The smallest absolute Gasteiger partial charge is 0.410 e. The van der Waals surface area contributed by atoms with Crippen LogP contribution in [-0.2, 0) is 9.47 Å². The van der Waals surface area contributed by atoms with Gasteiger partial charge in [-0.1, -0.05) is 24.3 Å². The van der Waals surface area contributed by atoms with Gasteiger partial charge in [0.15, 0.2) is 0 Å². The van der Waals surface area contributed by atoms with Crippen LogP contribution in [-0.4, -0.2) is 59.1 Å². The van der Waals surface area contributed by atoms with E-state index in [-0.39, 0.29) is 6.54 Å². The number of carbonyl (C=O) groups is 3. The van der Waals surface area contributed by atoms with Gasteiger partial charge in [0.25, 0.3) is 0 Å². The number of amides is 2. The van der Waals surface area contributed by atoms with Gasteiger partial charge < -0.3 is 14.4 Å². The molecule has 2 amide bonds. The molecule has 1 atom stereocenters. The van der Waals surface area contributed by atoms with E-state index in [0.29, 0.717) is 18.7 Å². The van der Waals surface area contributed by atoms with Crippen LogP contribution in [0.1, 0.15) is 63.5 Å². The van der Waals surface area contributed by atoms with Crippen molar-refractivity contribution in [2.45, 2.75) is 58.8 Å². The predicted octanol–water partition coefficient (Wildman–Crippen LogP) is 4.03. The highest BCUT2D eigenvalue weighted by Gasteiger charge is 2.37. The van der Waals surface area contributed by atoms with Gasteiger partial charge in [0.1, 0.15) is 17.5 Å². The molecule has 1 aromatic rings. The molecule has 1 saturated heterocycles. The molecule has 1 aromatic carbocycles. The van der Waals surface area contributed by atoms with E-state index < -0.39 is 29.4 Å². The normalized spacial score (nSPS) is 17.9. The van der Waals surface area contributed by atoms with Gasteiger partial charge in [-0.3, -0.25) is 9.69 Å². The van der Waals surface area contributed by atoms with E-state index in [9.17, 15) is 14.4 Å². The SMILES string of the molecule is CC(C)(C)OC(=O)N1CCN(C(=O)OC(C)(C)C)[C@H](c2ccc(C=O)cc2)C1. The maximum atomic E-state index is 12.7. The molecule has 0 saturated carbocycles. The van der Waals surface area contributed by atoms with E-state index in [1.165, 1.54) is 0 Å². The van der Waals surface area contributed by atoms with Crippen LogP contribution < -0.4 is 0 Å². The molecule has 1 aliphatic heterocycles. The van der Waals surface area contributed by atoms with E-state index in [1.54, 1.807) is 34.1 Å². The molecule has 0 radical (unpaired) electrons. The fraction of sp³-hybridized carbons (Fsp3) is 0.571. The van der Waals surface area contributed by atoms with Gasteiger partial charge in [-0.15, -0.1) is 0 Å². The van der Waals surface area contributed by atoms with Crippen LogP contribution in [0.25, 0.3) is 0 Å². The summed E-state index contributed by atoms with van der Waals surface area (Å²) in [5, 5.41) is 0. The van der Waals surface area contributed by atoms with E-state index in [2.05, 4.69) is 0 Å². The Kier molecular flexibility index (Phi) is 6.37. The molecule has 0 aliphatic carbocycles. The van der Waals surface area contributed by atoms with Crippen molar-refractivity contribution in [1.29, 1.82) is 0 Å². The third-order valence-electron chi connectivity index (χ3n) is 4.12. The number of ether oxygens (including phenoxy) is 2. The molecular formula is C21H30N2O5. The topological polar surface area (TPSA) is 76.2 Å². The first-order valence-corrected chi connectivity index (χ1v) is 9.42. The van der Waals surface area contributed by atoms with Gasteiger partial charge in [0, 0.05) is 25.2 Å². The lowest BCUT2D eigenvalue weighted by Gasteiger charge is -2.42. The number of piperazine rings is 1. The van der Waals surface area contributed by atoms with Crippen LogP contribution in [0.3, 0.4) is 0 Å². The van der Waals surface area contributed by atoms with Gasteiger partial charge in [0.2, 0.25) is 0 Å². The molecule has 1 fully saturated rings. The van der Waals surface area contributed by atoms with Crippen molar-refractivity contribution >= 4 is 18.5 Å². The zero-order chi connectivity index (χ0) is 21.1. The molecule has 7 nitrogen and oxygen atoms in total. The van der Waals surface area contributed by atoms with Gasteiger partial charge in [-0.05, 0) is 47.1 Å². The number of hydrogen-bond donors (Lipinski definition) is 0. The van der Waals surface area contributed by atoms with Crippen LogP contribution in [0.15, 0.2) is 24.3 Å². The Bertz CT molecular complexity index is 716. The largest absolute Gasteiger partial charge is 0.444 e. The van der Waals surface area contributed by atoms with E-state index in [1.807, 2.05) is 41.5 Å². The molecular weight excluding hydrogens is 360 g/mol. The second-order valence-corrected chi connectivity index (χ2v) is 8.90. The Balaban J connectivity index is 2.27. The second-order valence-electron chi connectivity index (χ2n) is 8.90. The van der Waals surface area contributed by atoms with E-state index in [0.717, 1.165) is 11.8 Å². The molecule has 28 heavy (non-hydrogen) atoms. The van der Waals surface area contributed by atoms with Crippen LogP contribution >= 0.6 is 0 Å². The molecule has 0 unspecified atom stereocenters. The maximum absolute atomic E-state index is 12.7. The van der Waals surface area contributed by atoms with Gasteiger partial charge in [0.05, 0.1) is 6.04 Å². The molecule has 0 bridgehead atoms. The molecule has 0 aromatic heterocycles. The van der Waals surface area contributed by atoms with Crippen LogP contribution in [0.5, 0.6) is 0 Å². The first kappa shape index (κ1) is 21.7. The average molecular weight is 390 g/mol. The summed E-state index contributed by atoms with van der Waals surface area (Å²) >= 11 is 0. The summed E-state index contributed by atoms with van der Waals surface area (Å²) in [7, 11) is 0. The average Bonchev–Trinajstić information content (AvgIpc) is 2.58. The number of rotatable bonds is 2. The molecule has 154 valence electrons. The minimum absolute atomic E-state index is 0.286. The lowest BCUT2D eigenvalue weighted by molar-refractivity contribution is -0.0152. The number of hydrogen-bond acceptors (Lipinski definition) is 5. The zero-order valence-electron chi connectivity index (χ0n) is 17.5. The molecule has 2 rings (SSSR count). The van der Waals surface area contributed by atoms with Crippen molar-refractivity contribution < 1.29 is 23.9 Å². The highest BCUT2D eigenvalue weighted by molar-refractivity contribution is 5.75. The van der Waals surface area contributed by atoms with Crippen LogP contribution in [0.2, 0.25) is 0 Å². The van der Waals surface area contributed by atoms with E-state index >= 15 is 0 Å². The Morgan fingerprint density at radius 3 is 1.96 bits per heavy atom. The van der Waals surface area contributed by atoms with Crippen molar-refractivity contribution in [3.05, 3.63) is 35.4 Å². The third-order valence-corrected chi connectivity index (χ3v) is 4.12. The third kappa shape index (κ3) is 5.97. The number of benzene rings is 1. The van der Waals surface area contributed by atoms with Crippen molar-refractivity contribution in [1.82, 2.24) is 9.80 Å². The first-order valence-electron chi connectivity index (χ1n) is 9.42. The van der Waals surface area contributed by atoms with Gasteiger partial charge in [-0.2, -0.15) is 0 Å². The highest BCUT2D eigenvalue weighted by Crippen LogP contribution is 2.28. The standard InChI is InChI=1S/C21H30N2O5/c1-20(2,3)27-18(25)22-11-12-23(19(26)28-21(4,5)6)17(13-22)16-9-7-15(14-24)8-10-16/h7-10,14,17H,11-13H2,1-6H3/t17-/m0/s1. The summed E-state index contributed by atoms with van der Waals surface area (Å²) in [6, 6.07) is 6.59. The van der Waals surface area contributed by atoms with Crippen molar-refractivity contribution in [2.75, 3.05) is 19.6 Å². The Morgan fingerprint density at radius 2 is 1.46 bits per heavy atom. The summed E-state index contributed by atoms with van der Waals surface area (Å²) in [5.41, 5.74) is 0.156. The monoisotopic (exact) mass is 390 g/mol. The highest BCUT2D eigenvalue weighted by atomic mass is 16.6.